The van der Waals surface area contributed by atoms with Crippen LogP contribution >= 0.6 is 27.3 Å². The Hall–Kier alpha value is -1.50. The first-order valence-corrected chi connectivity index (χ1v) is 9.26. The number of hydrogen-bond donors (Lipinski definition) is 0. The van der Waals surface area contributed by atoms with Crippen molar-refractivity contribution in [2.24, 2.45) is 0 Å². The molecular weight excluding hydrogens is 376 g/mol. The molecular formula is C17H15BrN2O2S. The SMILES string of the molecule is O=C1C(=O)N(CN2CCC[C@@H]2c2cccs2)c2c(Br)cccc21. The van der Waals surface area contributed by atoms with Gasteiger partial charge in [0.2, 0.25) is 0 Å². The van der Waals surface area contributed by atoms with Gasteiger partial charge in [-0.1, -0.05) is 12.1 Å². The Labute approximate surface area is 146 Å². The highest BCUT2D eigenvalue weighted by atomic mass is 79.9. The van der Waals surface area contributed by atoms with Crippen LogP contribution in [0.4, 0.5) is 5.69 Å². The summed E-state index contributed by atoms with van der Waals surface area (Å²) in [7, 11) is 0. The number of benzene rings is 1. The monoisotopic (exact) mass is 390 g/mol. The topological polar surface area (TPSA) is 40.6 Å². The lowest BCUT2D eigenvalue weighted by Gasteiger charge is -2.29. The van der Waals surface area contributed by atoms with Gasteiger partial charge in [-0.15, -0.1) is 11.3 Å². The van der Waals surface area contributed by atoms with E-state index in [0.29, 0.717) is 24.0 Å². The van der Waals surface area contributed by atoms with E-state index in [1.807, 2.05) is 6.07 Å². The van der Waals surface area contributed by atoms with Gasteiger partial charge in [0.25, 0.3) is 5.78 Å². The molecule has 2 aliphatic heterocycles. The summed E-state index contributed by atoms with van der Waals surface area (Å²) in [5.41, 5.74) is 1.20. The molecule has 118 valence electrons. The standard InChI is InChI=1S/C17H15BrN2O2S/c18-12-5-1-4-11-15(12)20(17(22)16(11)21)10-19-8-2-6-13(19)14-7-3-9-23-14/h1,3-5,7,9,13H,2,6,8,10H2/t13-/m1/s1. The molecule has 2 aromatic rings. The third kappa shape index (κ3) is 2.45. The Morgan fingerprint density at radius 2 is 2.09 bits per heavy atom. The number of likely N-dealkylation sites (tertiary alicyclic amines) is 1. The molecule has 1 aromatic heterocycles. The van der Waals surface area contributed by atoms with Crippen molar-refractivity contribution in [2.75, 3.05) is 18.1 Å². The van der Waals surface area contributed by atoms with Crippen LogP contribution in [0.25, 0.3) is 0 Å². The first-order valence-electron chi connectivity index (χ1n) is 7.59. The van der Waals surface area contributed by atoms with Crippen molar-refractivity contribution < 1.29 is 9.59 Å². The molecule has 1 aromatic carbocycles. The van der Waals surface area contributed by atoms with Crippen molar-refractivity contribution in [1.82, 2.24) is 4.90 Å². The van der Waals surface area contributed by atoms with Crippen molar-refractivity contribution in [1.29, 1.82) is 0 Å². The lowest BCUT2D eigenvalue weighted by molar-refractivity contribution is -0.114. The molecule has 1 atom stereocenters. The molecule has 3 heterocycles. The average Bonchev–Trinajstić information content (AvgIpc) is 3.25. The predicted octanol–water partition coefficient (Wildman–Crippen LogP) is 3.83. The van der Waals surface area contributed by atoms with Crippen molar-refractivity contribution in [3.05, 3.63) is 50.6 Å². The third-order valence-electron chi connectivity index (χ3n) is 4.50. The van der Waals surface area contributed by atoms with Crippen LogP contribution in [-0.2, 0) is 4.79 Å². The number of carbonyl (C=O) groups excluding carboxylic acids is 2. The lowest BCUT2D eigenvalue weighted by Crippen LogP contribution is -2.40. The summed E-state index contributed by atoms with van der Waals surface area (Å²) >= 11 is 5.23. The zero-order valence-corrected chi connectivity index (χ0v) is 14.8. The maximum absolute atomic E-state index is 12.4. The fraction of sp³-hybridized carbons (Fsp3) is 0.294. The Morgan fingerprint density at radius 1 is 1.22 bits per heavy atom. The van der Waals surface area contributed by atoms with E-state index in [2.05, 4.69) is 38.3 Å². The van der Waals surface area contributed by atoms with E-state index in [0.717, 1.165) is 23.9 Å². The molecule has 1 saturated heterocycles. The van der Waals surface area contributed by atoms with Crippen LogP contribution in [0.2, 0.25) is 0 Å². The number of ketones is 1. The maximum atomic E-state index is 12.4. The van der Waals surface area contributed by atoms with Crippen molar-refractivity contribution in [3.8, 4) is 0 Å². The van der Waals surface area contributed by atoms with E-state index in [4.69, 9.17) is 0 Å². The lowest BCUT2D eigenvalue weighted by atomic mass is 10.1. The summed E-state index contributed by atoms with van der Waals surface area (Å²) < 4.78 is 0.793. The fourth-order valence-corrected chi connectivity index (χ4v) is 4.90. The number of rotatable bonds is 3. The van der Waals surface area contributed by atoms with Crippen LogP contribution in [0.1, 0.15) is 34.1 Å². The number of hydrogen-bond acceptors (Lipinski definition) is 4. The zero-order chi connectivity index (χ0) is 16.0. The van der Waals surface area contributed by atoms with Gasteiger partial charge in [0.15, 0.2) is 0 Å². The Balaban J connectivity index is 1.65. The Bertz CT molecular complexity index is 775. The fourth-order valence-electron chi connectivity index (χ4n) is 3.43. The molecule has 1 fully saturated rings. The maximum Gasteiger partial charge on any atom is 0.300 e. The van der Waals surface area contributed by atoms with Crippen LogP contribution in [-0.4, -0.2) is 29.8 Å². The highest BCUT2D eigenvalue weighted by Crippen LogP contribution is 2.39. The normalized spacial score (nSPS) is 21.3. The van der Waals surface area contributed by atoms with E-state index >= 15 is 0 Å². The summed E-state index contributed by atoms with van der Waals surface area (Å²) in [6.45, 7) is 1.41. The highest BCUT2D eigenvalue weighted by Gasteiger charge is 2.39. The summed E-state index contributed by atoms with van der Waals surface area (Å²) in [4.78, 5) is 29.9. The second-order valence-electron chi connectivity index (χ2n) is 5.83. The smallest absolute Gasteiger partial charge is 0.290 e. The first kappa shape index (κ1) is 15.1. The van der Waals surface area contributed by atoms with Gasteiger partial charge in [0.1, 0.15) is 0 Å². The number of Topliss-reactive ketones (excluding diaryl/α,β-unsaturated/α-hetero) is 1. The number of fused-ring (bicyclic) bond motifs is 1. The van der Waals surface area contributed by atoms with Crippen molar-refractivity contribution >= 4 is 44.6 Å². The van der Waals surface area contributed by atoms with Gasteiger partial charge in [0, 0.05) is 21.9 Å². The van der Waals surface area contributed by atoms with Crippen LogP contribution < -0.4 is 4.90 Å². The minimum absolute atomic E-state index is 0.337. The van der Waals surface area contributed by atoms with Crippen LogP contribution in [0, 0.1) is 0 Å². The quantitative estimate of drug-likeness (QED) is 0.747. The van der Waals surface area contributed by atoms with Crippen molar-refractivity contribution in [3.63, 3.8) is 0 Å². The minimum atomic E-state index is -0.427. The van der Waals surface area contributed by atoms with Gasteiger partial charge in [-0.2, -0.15) is 0 Å². The third-order valence-corrected chi connectivity index (χ3v) is 6.11. The van der Waals surface area contributed by atoms with E-state index in [9.17, 15) is 9.59 Å². The number of amides is 1. The molecule has 0 saturated carbocycles. The molecule has 23 heavy (non-hydrogen) atoms. The van der Waals surface area contributed by atoms with E-state index in [1.54, 1.807) is 28.4 Å². The molecule has 0 spiro atoms. The minimum Gasteiger partial charge on any atom is -0.290 e. The van der Waals surface area contributed by atoms with Crippen LogP contribution in [0.5, 0.6) is 0 Å². The molecule has 1 amide bonds. The summed E-state index contributed by atoms with van der Waals surface area (Å²) in [5, 5.41) is 2.09. The average molecular weight is 391 g/mol. The van der Waals surface area contributed by atoms with E-state index in [-0.39, 0.29) is 0 Å². The zero-order valence-electron chi connectivity index (χ0n) is 12.4. The molecule has 0 N–H and O–H groups in total. The van der Waals surface area contributed by atoms with Gasteiger partial charge in [-0.05, 0) is 52.4 Å². The number of nitrogens with zero attached hydrogens (tertiary/aromatic N) is 2. The number of thiophene rings is 1. The summed E-state index contributed by atoms with van der Waals surface area (Å²) in [6.07, 6.45) is 2.21. The molecule has 0 radical (unpaired) electrons. The van der Waals surface area contributed by atoms with E-state index in [1.165, 1.54) is 4.88 Å². The van der Waals surface area contributed by atoms with Gasteiger partial charge < -0.3 is 0 Å². The molecule has 0 aliphatic carbocycles. The predicted molar refractivity (Wildman–Crippen MR) is 93.8 cm³/mol. The largest absolute Gasteiger partial charge is 0.300 e. The second kappa shape index (κ2) is 5.85. The van der Waals surface area contributed by atoms with Gasteiger partial charge in [-0.3, -0.25) is 19.4 Å². The molecule has 4 rings (SSSR count). The summed E-state index contributed by atoms with van der Waals surface area (Å²) in [6, 6.07) is 9.94. The first-order chi connectivity index (χ1) is 11.2. The molecule has 0 unspecified atom stereocenters. The van der Waals surface area contributed by atoms with Gasteiger partial charge in [-0.25, -0.2) is 0 Å². The molecule has 4 nitrogen and oxygen atoms in total. The highest BCUT2D eigenvalue weighted by molar-refractivity contribution is 9.10. The van der Waals surface area contributed by atoms with Gasteiger partial charge >= 0.3 is 5.91 Å². The number of carbonyl (C=O) groups is 2. The van der Waals surface area contributed by atoms with Crippen LogP contribution in [0.3, 0.4) is 0 Å². The van der Waals surface area contributed by atoms with Crippen LogP contribution in [0.15, 0.2) is 40.2 Å². The number of halogens is 1. The van der Waals surface area contributed by atoms with E-state index < -0.39 is 11.7 Å². The molecule has 0 bridgehead atoms. The summed E-state index contributed by atoms with van der Waals surface area (Å²) in [5.74, 6) is -0.836. The Kier molecular flexibility index (Phi) is 3.83. The number of para-hydroxylation sites is 1. The Morgan fingerprint density at radius 3 is 2.87 bits per heavy atom. The number of anilines is 1. The van der Waals surface area contributed by atoms with Gasteiger partial charge in [0.05, 0.1) is 17.9 Å². The molecule has 6 heteroatoms. The second-order valence-corrected chi connectivity index (χ2v) is 7.66. The van der Waals surface area contributed by atoms with Crippen molar-refractivity contribution in [2.45, 2.75) is 18.9 Å². The molecule has 2 aliphatic rings.